The van der Waals surface area contributed by atoms with Crippen molar-refractivity contribution in [3.05, 3.63) is 34.6 Å². The van der Waals surface area contributed by atoms with Crippen molar-refractivity contribution in [1.82, 2.24) is 19.9 Å². The van der Waals surface area contributed by atoms with Crippen LogP contribution in [-0.2, 0) is 16.6 Å². The van der Waals surface area contributed by atoms with Crippen molar-refractivity contribution in [1.29, 1.82) is 0 Å². The molecule has 0 atom stereocenters. The van der Waals surface area contributed by atoms with E-state index in [2.05, 4.69) is 35.8 Å². The van der Waals surface area contributed by atoms with E-state index in [4.69, 9.17) is 5.73 Å². The highest BCUT2D eigenvalue weighted by atomic mass is 79.9. The van der Waals surface area contributed by atoms with Crippen LogP contribution >= 0.6 is 15.9 Å². The third-order valence-electron chi connectivity index (χ3n) is 2.24. The van der Waals surface area contributed by atoms with E-state index in [-0.39, 0.29) is 12.2 Å². The SMILES string of the molecule is Nc1cc(S(=O)(=O)NCc2ncn[nH]2)c(F)cc1Br. The normalized spacial score (nSPS) is 11.7. The van der Waals surface area contributed by atoms with Gasteiger partial charge in [-0.2, -0.15) is 5.10 Å². The molecule has 2 aromatic rings. The van der Waals surface area contributed by atoms with Gasteiger partial charge in [0.25, 0.3) is 0 Å². The van der Waals surface area contributed by atoms with E-state index in [1.54, 1.807) is 0 Å². The fraction of sp³-hybridized carbons (Fsp3) is 0.111. The molecule has 0 unspecified atom stereocenters. The van der Waals surface area contributed by atoms with E-state index in [9.17, 15) is 12.8 Å². The second kappa shape index (κ2) is 5.23. The van der Waals surface area contributed by atoms with E-state index in [1.807, 2.05) is 0 Å². The molecule has 1 aromatic heterocycles. The largest absolute Gasteiger partial charge is 0.398 e. The summed E-state index contributed by atoms with van der Waals surface area (Å²) in [5.74, 6) is -0.583. The monoisotopic (exact) mass is 349 g/mol. The van der Waals surface area contributed by atoms with Crippen LogP contribution in [0.25, 0.3) is 0 Å². The van der Waals surface area contributed by atoms with Crippen molar-refractivity contribution in [2.24, 2.45) is 0 Å². The maximum Gasteiger partial charge on any atom is 0.243 e. The average molecular weight is 350 g/mol. The Bertz CT molecular complexity index is 689. The Balaban J connectivity index is 2.27. The first kappa shape index (κ1) is 13.9. The Labute approximate surface area is 116 Å². The van der Waals surface area contributed by atoms with Gasteiger partial charge in [-0.05, 0) is 28.1 Å². The highest BCUT2D eigenvalue weighted by Gasteiger charge is 2.20. The molecule has 10 heteroatoms. The number of nitrogens with two attached hydrogens (primary N) is 1. The summed E-state index contributed by atoms with van der Waals surface area (Å²) in [6.07, 6.45) is 1.24. The van der Waals surface area contributed by atoms with Crippen LogP contribution in [0.1, 0.15) is 5.82 Å². The summed E-state index contributed by atoms with van der Waals surface area (Å²) in [5, 5.41) is 6.05. The van der Waals surface area contributed by atoms with Gasteiger partial charge < -0.3 is 5.73 Å². The molecule has 0 aliphatic heterocycles. The van der Waals surface area contributed by atoms with Gasteiger partial charge in [0.1, 0.15) is 22.9 Å². The molecule has 1 aromatic carbocycles. The highest BCUT2D eigenvalue weighted by Crippen LogP contribution is 2.25. The number of rotatable bonds is 4. The summed E-state index contributed by atoms with van der Waals surface area (Å²) in [7, 11) is -4.02. The minimum Gasteiger partial charge on any atom is -0.398 e. The Kier molecular flexibility index (Phi) is 3.83. The maximum atomic E-state index is 13.7. The number of nitrogen functional groups attached to an aromatic ring is 1. The molecular formula is C9H9BrFN5O2S. The molecule has 0 saturated heterocycles. The van der Waals surface area contributed by atoms with Gasteiger partial charge >= 0.3 is 0 Å². The quantitative estimate of drug-likeness (QED) is 0.705. The predicted octanol–water partition coefficient (Wildman–Crippen LogP) is 0.767. The Morgan fingerprint density at radius 1 is 1.47 bits per heavy atom. The Morgan fingerprint density at radius 3 is 2.84 bits per heavy atom. The van der Waals surface area contributed by atoms with Crippen LogP contribution < -0.4 is 10.5 Å². The molecule has 1 heterocycles. The summed E-state index contributed by atoms with van der Waals surface area (Å²) in [6.45, 7) is -0.127. The second-order valence-corrected chi connectivity index (χ2v) is 6.15. The van der Waals surface area contributed by atoms with Crippen molar-refractivity contribution >= 4 is 31.6 Å². The third-order valence-corrected chi connectivity index (χ3v) is 4.34. The lowest BCUT2D eigenvalue weighted by Crippen LogP contribution is -2.25. The molecule has 0 saturated carbocycles. The minimum atomic E-state index is -4.02. The highest BCUT2D eigenvalue weighted by molar-refractivity contribution is 9.10. The van der Waals surface area contributed by atoms with E-state index in [1.165, 1.54) is 6.33 Å². The number of hydrogen-bond acceptors (Lipinski definition) is 5. The van der Waals surface area contributed by atoms with Crippen LogP contribution in [-0.4, -0.2) is 23.6 Å². The molecule has 102 valence electrons. The predicted molar refractivity (Wildman–Crippen MR) is 68.9 cm³/mol. The number of sulfonamides is 1. The zero-order valence-electron chi connectivity index (χ0n) is 9.39. The lowest BCUT2D eigenvalue weighted by atomic mass is 10.3. The van der Waals surface area contributed by atoms with Crippen molar-refractivity contribution in [3.8, 4) is 0 Å². The second-order valence-electron chi connectivity index (χ2n) is 3.56. The van der Waals surface area contributed by atoms with Crippen molar-refractivity contribution in [3.63, 3.8) is 0 Å². The molecule has 0 radical (unpaired) electrons. The molecule has 4 N–H and O–H groups in total. The zero-order valence-corrected chi connectivity index (χ0v) is 11.8. The smallest absolute Gasteiger partial charge is 0.243 e. The van der Waals surface area contributed by atoms with E-state index < -0.39 is 20.7 Å². The number of anilines is 1. The number of H-pyrrole nitrogens is 1. The molecular weight excluding hydrogens is 341 g/mol. The molecule has 0 bridgehead atoms. The van der Waals surface area contributed by atoms with Gasteiger partial charge in [0.05, 0.1) is 6.54 Å². The number of hydrogen-bond donors (Lipinski definition) is 3. The van der Waals surface area contributed by atoms with Crippen LogP contribution in [0.4, 0.5) is 10.1 Å². The van der Waals surface area contributed by atoms with Crippen molar-refractivity contribution < 1.29 is 12.8 Å². The molecule has 19 heavy (non-hydrogen) atoms. The minimum absolute atomic E-state index is 0.126. The van der Waals surface area contributed by atoms with E-state index >= 15 is 0 Å². The van der Waals surface area contributed by atoms with Gasteiger partial charge in [-0.15, -0.1) is 0 Å². The van der Waals surface area contributed by atoms with Crippen molar-refractivity contribution in [2.45, 2.75) is 11.4 Å². The molecule has 0 amide bonds. The first-order valence-corrected chi connectivity index (χ1v) is 7.26. The maximum absolute atomic E-state index is 13.7. The Hall–Kier alpha value is -1.52. The molecule has 2 rings (SSSR count). The van der Waals surface area contributed by atoms with Gasteiger partial charge in [0, 0.05) is 10.2 Å². The summed E-state index contributed by atoms with van der Waals surface area (Å²) in [5.41, 5.74) is 5.67. The van der Waals surface area contributed by atoms with E-state index in [0.29, 0.717) is 10.3 Å². The van der Waals surface area contributed by atoms with Gasteiger partial charge in [-0.1, -0.05) is 0 Å². The number of benzene rings is 1. The molecule has 0 aliphatic carbocycles. The van der Waals surface area contributed by atoms with Gasteiger partial charge in [0.15, 0.2) is 0 Å². The number of nitrogens with one attached hydrogen (secondary N) is 2. The van der Waals surface area contributed by atoms with Gasteiger partial charge in [0.2, 0.25) is 10.0 Å². The number of nitrogens with zero attached hydrogens (tertiary/aromatic N) is 2. The molecule has 0 spiro atoms. The summed E-state index contributed by atoms with van der Waals surface area (Å²) in [4.78, 5) is 3.23. The number of aromatic nitrogens is 3. The van der Waals surface area contributed by atoms with Crippen LogP contribution in [0.15, 0.2) is 27.8 Å². The number of aromatic amines is 1. The van der Waals surface area contributed by atoms with Gasteiger partial charge in [-0.3, -0.25) is 5.10 Å². The van der Waals surface area contributed by atoms with Crippen LogP contribution in [0.3, 0.4) is 0 Å². The lowest BCUT2D eigenvalue weighted by molar-refractivity contribution is 0.555. The third kappa shape index (κ3) is 3.08. The molecule has 0 aliphatic rings. The Morgan fingerprint density at radius 2 is 2.21 bits per heavy atom. The molecule has 7 nitrogen and oxygen atoms in total. The fourth-order valence-electron chi connectivity index (χ4n) is 1.31. The topological polar surface area (TPSA) is 114 Å². The van der Waals surface area contributed by atoms with Gasteiger partial charge in [-0.25, -0.2) is 22.5 Å². The summed E-state index contributed by atoms with van der Waals surface area (Å²) >= 11 is 3.01. The summed E-state index contributed by atoms with van der Waals surface area (Å²) < 4.78 is 40.0. The first-order chi connectivity index (χ1) is 8.90. The van der Waals surface area contributed by atoms with Crippen LogP contribution in [0.5, 0.6) is 0 Å². The standard InChI is InChI=1S/C9H9BrFN5O2S/c10-5-1-6(11)8(2-7(5)12)19(17,18)15-3-9-13-4-14-16-9/h1-2,4,15H,3,12H2,(H,13,14,16). The molecule has 0 fully saturated rings. The first-order valence-electron chi connectivity index (χ1n) is 4.98. The van der Waals surface area contributed by atoms with E-state index in [0.717, 1.165) is 12.1 Å². The average Bonchev–Trinajstić information content (AvgIpc) is 2.84. The lowest BCUT2D eigenvalue weighted by Gasteiger charge is -2.08. The zero-order chi connectivity index (χ0) is 14.0. The summed E-state index contributed by atoms with van der Waals surface area (Å²) in [6, 6.07) is 2.04. The van der Waals surface area contributed by atoms with Crippen molar-refractivity contribution in [2.75, 3.05) is 5.73 Å². The number of halogens is 2. The van der Waals surface area contributed by atoms with Crippen LogP contribution in [0.2, 0.25) is 0 Å². The van der Waals surface area contributed by atoms with Crippen LogP contribution in [0, 0.1) is 5.82 Å². The fourth-order valence-corrected chi connectivity index (χ4v) is 2.70.